The average molecular weight is 294 g/mol. The molecular formula is C17H14N2O3. The van der Waals surface area contributed by atoms with E-state index in [1.165, 1.54) is 0 Å². The zero-order valence-corrected chi connectivity index (χ0v) is 11.7. The molecular weight excluding hydrogens is 280 g/mol. The van der Waals surface area contributed by atoms with Crippen LogP contribution in [0.1, 0.15) is 16.1 Å². The lowest BCUT2D eigenvalue weighted by Gasteiger charge is -2.11. The van der Waals surface area contributed by atoms with Crippen LogP contribution in [0.25, 0.3) is 10.9 Å². The van der Waals surface area contributed by atoms with Crippen molar-refractivity contribution >= 4 is 16.8 Å². The topological polar surface area (TPSA) is 74.4 Å². The van der Waals surface area contributed by atoms with Crippen molar-refractivity contribution in [2.75, 3.05) is 6.54 Å². The molecule has 0 unspecified atom stereocenters. The highest BCUT2D eigenvalue weighted by atomic mass is 16.5. The Balaban J connectivity index is 1.81. The summed E-state index contributed by atoms with van der Waals surface area (Å²) in [4.78, 5) is 15.1. The number of ether oxygens (including phenoxy) is 1. The van der Waals surface area contributed by atoms with Crippen molar-refractivity contribution in [1.82, 2.24) is 10.3 Å². The normalized spacial score (nSPS) is 13.7. The number of aromatic hydroxyl groups is 1. The molecule has 0 fully saturated rings. The predicted molar refractivity (Wildman–Crippen MR) is 82.5 cm³/mol. The number of phenolic OH excluding ortho intramolecular Hbond substituents is 1. The summed E-state index contributed by atoms with van der Waals surface area (Å²) < 4.78 is 5.89. The fourth-order valence-electron chi connectivity index (χ4n) is 2.82. The SMILES string of the molecule is O=C1NCCc2c1[nH]c1c(Oc3ccc(O)cc3)cccc21. The van der Waals surface area contributed by atoms with Crippen LogP contribution in [0.5, 0.6) is 17.2 Å². The Morgan fingerprint density at radius 1 is 1.09 bits per heavy atom. The summed E-state index contributed by atoms with van der Waals surface area (Å²) in [5, 5.41) is 13.2. The van der Waals surface area contributed by atoms with Crippen LogP contribution in [-0.2, 0) is 6.42 Å². The van der Waals surface area contributed by atoms with E-state index in [4.69, 9.17) is 4.74 Å². The van der Waals surface area contributed by atoms with E-state index in [9.17, 15) is 9.90 Å². The molecule has 2 aromatic carbocycles. The van der Waals surface area contributed by atoms with Crippen LogP contribution in [0.3, 0.4) is 0 Å². The Hall–Kier alpha value is -2.95. The van der Waals surface area contributed by atoms with Gasteiger partial charge in [-0.15, -0.1) is 0 Å². The largest absolute Gasteiger partial charge is 0.508 e. The van der Waals surface area contributed by atoms with Gasteiger partial charge < -0.3 is 20.1 Å². The van der Waals surface area contributed by atoms with E-state index in [0.717, 1.165) is 22.9 Å². The van der Waals surface area contributed by atoms with Gasteiger partial charge in [-0.25, -0.2) is 0 Å². The van der Waals surface area contributed by atoms with Crippen LogP contribution >= 0.6 is 0 Å². The number of benzene rings is 2. The molecule has 4 rings (SSSR count). The monoisotopic (exact) mass is 294 g/mol. The van der Waals surface area contributed by atoms with E-state index in [2.05, 4.69) is 10.3 Å². The molecule has 1 aromatic heterocycles. The molecule has 0 radical (unpaired) electrons. The number of rotatable bonds is 2. The number of hydrogen-bond acceptors (Lipinski definition) is 3. The van der Waals surface area contributed by atoms with Gasteiger partial charge in [-0.3, -0.25) is 4.79 Å². The van der Waals surface area contributed by atoms with E-state index in [1.54, 1.807) is 24.3 Å². The third-order valence-corrected chi connectivity index (χ3v) is 3.86. The Morgan fingerprint density at radius 3 is 2.73 bits per heavy atom. The lowest BCUT2D eigenvalue weighted by Crippen LogP contribution is -2.31. The lowest BCUT2D eigenvalue weighted by atomic mass is 10.0. The van der Waals surface area contributed by atoms with Gasteiger partial charge in [0.1, 0.15) is 17.2 Å². The lowest BCUT2D eigenvalue weighted by molar-refractivity contribution is 0.0942. The Labute approximate surface area is 126 Å². The van der Waals surface area contributed by atoms with Crippen molar-refractivity contribution in [1.29, 1.82) is 0 Å². The van der Waals surface area contributed by atoms with Gasteiger partial charge in [0.2, 0.25) is 0 Å². The second-order valence-electron chi connectivity index (χ2n) is 5.26. The Kier molecular flexibility index (Phi) is 2.79. The molecule has 1 aliphatic rings. The number of fused-ring (bicyclic) bond motifs is 3. The smallest absolute Gasteiger partial charge is 0.268 e. The van der Waals surface area contributed by atoms with Crippen LogP contribution in [0.15, 0.2) is 42.5 Å². The first-order valence-corrected chi connectivity index (χ1v) is 7.11. The second-order valence-corrected chi connectivity index (χ2v) is 5.26. The van der Waals surface area contributed by atoms with Crippen molar-refractivity contribution < 1.29 is 14.6 Å². The first-order chi connectivity index (χ1) is 10.7. The van der Waals surface area contributed by atoms with Gasteiger partial charge in [0.25, 0.3) is 5.91 Å². The molecule has 5 nitrogen and oxygen atoms in total. The van der Waals surface area contributed by atoms with Gasteiger partial charge in [0.15, 0.2) is 5.75 Å². The number of H-pyrrole nitrogens is 1. The number of phenols is 1. The molecule has 2 heterocycles. The van der Waals surface area contributed by atoms with Gasteiger partial charge >= 0.3 is 0 Å². The standard InChI is InChI=1S/C17H14N2O3/c20-10-4-6-11(7-5-10)22-14-3-1-2-12-13-8-9-18-17(21)16(13)19-15(12)14/h1-7,19-20H,8-9H2,(H,18,21). The molecule has 0 spiro atoms. The average Bonchev–Trinajstić information content (AvgIpc) is 2.91. The van der Waals surface area contributed by atoms with Crippen molar-refractivity contribution in [3.63, 3.8) is 0 Å². The highest BCUT2D eigenvalue weighted by Gasteiger charge is 2.22. The summed E-state index contributed by atoms with van der Waals surface area (Å²) in [6.07, 6.45) is 0.809. The van der Waals surface area contributed by atoms with Crippen molar-refractivity contribution in [3.05, 3.63) is 53.7 Å². The number of aromatic nitrogens is 1. The van der Waals surface area contributed by atoms with Crippen LogP contribution in [0, 0.1) is 0 Å². The maximum absolute atomic E-state index is 12.0. The summed E-state index contributed by atoms with van der Waals surface area (Å²) in [5.74, 6) is 1.40. The fourth-order valence-corrected chi connectivity index (χ4v) is 2.82. The highest BCUT2D eigenvalue weighted by Crippen LogP contribution is 2.34. The van der Waals surface area contributed by atoms with E-state index in [0.29, 0.717) is 23.7 Å². The van der Waals surface area contributed by atoms with Gasteiger partial charge in [-0.1, -0.05) is 12.1 Å². The van der Waals surface area contributed by atoms with E-state index in [1.807, 2.05) is 18.2 Å². The molecule has 3 aromatic rings. The number of aromatic amines is 1. The maximum Gasteiger partial charge on any atom is 0.268 e. The van der Waals surface area contributed by atoms with E-state index >= 15 is 0 Å². The van der Waals surface area contributed by atoms with Crippen LogP contribution < -0.4 is 10.1 Å². The number of nitrogens with one attached hydrogen (secondary N) is 2. The van der Waals surface area contributed by atoms with Crippen LogP contribution in [-0.4, -0.2) is 22.5 Å². The number of hydrogen-bond donors (Lipinski definition) is 3. The zero-order valence-electron chi connectivity index (χ0n) is 11.7. The third kappa shape index (κ3) is 1.98. The van der Waals surface area contributed by atoms with Crippen molar-refractivity contribution in [2.24, 2.45) is 0 Å². The van der Waals surface area contributed by atoms with Crippen molar-refractivity contribution in [2.45, 2.75) is 6.42 Å². The molecule has 1 amide bonds. The van der Waals surface area contributed by atoms with E-state index < -0.39 is 0 Å². The minimum absolute atomic E-state index is 0.0759. The van der Waals surface area contributed by atoms with Crippen molar-refractivity contribution in [3.8, 4) is 17.2 Å². The Morgan fingerprint density at radius 2 is 1.91 bits per heavy atom. The first kappa shape index (κ1) is 12.8. The van der Waals surface area contributed by atoms with Crippen LogP contribution in [0.2, 0.25) is 0 Å². The summed E-state index contributed by atoms with van der Waals surface area (Å²) in [6.45, 7) is 0.655. The van der Waals surface area contributed by atoms with Gasteiger partial charge in [0.05, 0.1) is 5.52 Å². The number of para-hydroxylation sites is 1. The second kappa shape index (κ2) is 4.80. The Bertz CT molecular complexity index is 865. The molecule has 1 aliphatic heterocycles. The predicted octanol–water partition coefficient (Wildman–Crippen LogP) is 2.95. The molecule has 0 atom stereocenters. The molecule has 3 N–H and O–H groups in total. The number of carbonyl (C=O) groups is 1. The fraction of sp³-hybridized carbons (Fsp3) is 0.118. The zero-order chi connectivity index (χ0) is 15.1. The minimum atomic E-state index is -0.0759. The summed E-state index contributed by atoms with van der Waals surface area (Å²) >= 11 is 0. The van der Waals surface area contributed by atoms with Gasteiger partial charge in [0, 0.05) is 11.9 Å². The summed E-state index contributed by atoms with van der Waals surface area (Å²) in [6, 6.07) is 12.3. The molecule has 22 heavy (non-hydrogen) atoms. The number of amides is 1. The highest BCUT2D eigenvalue weighted by molar-refractivity contribution is 6.03. The number of carbonyl (C=O) groups excluding carboxylic acids is 1. The third-order valence-electron chi connectivity index (χ3n) is 3.86. The molecule has 5 heteroatoms. The first-order valence-electron chi connectivity index (χ1n) is 7.11. The molecule has 0 bridgehead atoms. The molecule has 0 saturated carbocycles. The minimum Gasteiger partial charge on any atom is -0.508 e. The summed E-state index contributed by atoms with van der Waals surface area (Å²) in [5.41, 5.74) is 2.47. The maximum atomic E-state index is 12.0. The van der Waals surface area contributed by atoms with Gasteiger partial charge in [-0.2, -0.15) is 0 Å². The molecule has 110 valence electrons. The van der Waals surface area contributed by atoms with Gasteiger partial charge in [-0.05, 0) is 42.3 Å². The summed E-state index contributed by atoms with van der Waals surface area (Å²) in [7, 11) is 0. The molecule has 0 aliphatic carbocycles. The van der Waals surface area contributed by atoms with E-state index in [-0.39, 0.29) is 11.7 Å². The molecule has 0 saturated heterocycles. The van der Waals surface area contributed by atoms with Crippen LogP contribution in [0.4, 0.5) is 0 Å². The quantitative estimate of drug-likeness (QED) is 0.680.